The van der Waals surface area contributed by atoms with Crippen molar-refractivity contribution in [2.24, 2.45) is 0 Å². The highest BCUT2D eigenvalue weighted by Gasteiger charge is 2.12. The zero-order chi connectivity index (χ0) is 44.3. The fourth-order valence-electron chi connectivity index (χ4n) is 8.88. The highest BCUT2D eigenvalue weighted by Crippen LogP contribution is 2.38. The van der Waals surface area contributed by atoms with Crippen molar-refractivity contribution < 1.29 is 9.47 Å². The maximum Gasteiger partial charge on any atom is 0.142 e. The van der Waals surface area contributed by atoms with Crippen LogP contribution in [-0.2, 0) is 0 Å². The summed E-state index contributed by atoms with van der Waals surface area (Å²) in [5, 5.41) is 24.3. The number of rotatable bonds is 19. The Morgan fingerprint density at radius 2 is 0.561 bits per heavy atom. The summed E-state index contributed by atoms with van der Waals surface area (Å²) < 4.78 is 13.0. The molecule has 6 nitrogen and oxygen atoms in total. The average Bonchev–Trinajstić information content (AvgIpc) is 3.36. The number of hydrogen-bond acceptors (Lipinski definition) is 6. The molecule has 0 aromatic heterocycles. The lowest BCUT2D eigenvalue weighted by atomic mass is 10.1. The standard InChI is InChI=1S/C60H54N4O2/c1(3-13-39-65-59-37-35-47(61-53-31-15-23-43-19-5-9-27-49(43)53)41-57(59)63-55-33-17-25-45-21-7-11-29-51(45)55)2-4-14-40-66-60-38-36-48(62-54-32-16-24-44-20-6-10-28-50(44)54)42-58(60)64-56-34-18-26-46-22-8-12-30-52(46)56/h5-12,15-38,41-42,61-64H,1-4,13-14,39-40H2. The van der Waals surface area contributed by atoms with Crippen molar-refractivity contribution in [3.63, 3.8) is 0 Å². The molecule has 0 bridgehead atoms. The van der Waals surface area contributed by atoms with E-state index in [0.29, 0.717) is 13.2 Å². The van der Waals surface area contributed by atoms with Gasteiger partial charge in [0, 0.05) is 55.7 Å². The van der Waals surface area contributed by atoms with E-state index >= 15 is 0 Å². The second-order valence-corrected chi connectivity index (χ2v) is 16.8. The van der Waals surface area contributed by atoms with Gasteiger partial charge in [-0.1, -0.05) is 171 Å². The molecule has 0 aliphatic carbocycles. The predicted octanol–water partition coefficient (Wildman–Crippen LogP) is 17.1. The van der Waals surface area contributed by atoms with Crippen molar-refractivity contribution in [2.45, 2.75) is 38.5 Å². The highest BCUT2D eigenvalue weighted by molar-refractivity contribution is 5.99. The smallest absolute Gasteiger partial charge is 0.142 e. The third-order valence-corrected chi connectivity index (χ3v) is 12.3. The third kappa shape index (κ3) is 9.89. The first kappa shape index (κ1) is 42.0. The lowest BCUT2D eigenvalue weighted by molar-refractivity contribution is 0.298. The van der Waals surface area contributed by atoms with Gasteiger partial charge in [0.15, 0.2) is 0 Å². The summed E-state index contributed by atoms with van der Waals surface area (Å²) in [7, 11) is 0. The lowest BCUT2D eigenvalue weighted by Crippen LogP contribution is -2.03. The Bertz CT molecular complexity index is 3020. The number of ether oxygens (including phenoxy) is 2. The van der Waals surface area contributed by atoms with Crippen molar-refractivity contribution in [2.75, 3.05) is 34.5 Å². The Balaban J connectivity index is 0.743. The SMILES string of the molecule is c1ccc2c(Nc3ccc(OCCCCCCCCOc4ccc(Nc5cccc6ccccc56)cc4Nc4cccc5ccccc45)c(Nc4cccc5ccccc45)c3)cccc2c1. The number of nitrogens with one attached hydrogen (secondary N) is 4. The van der Waals surface area contributed by atoms with Crippen LogP contribution in [0.4, 0.5) is 45.5 Å². The maximum absolute atomic E-state index is 6.51. The van der Waals surface area contributed by atoms with E-state index in [4.69, 9.17) is 9.47 Å². The van der Waals surface area contributed by atoms with Crippen LogP contribution >= 0.6 is 0 Å². The van der Waals surface area contributed by atoms with E-state index in [0.717, 1.165) is 95.5 Å². The van der Waals surface area contributed by atoms with Crippen LogP contribution < -0.4 is 30.7 Å². The van der Waals surface area contributed by atoms with Crippen LogP contribution in [0.5, 0.6) is 11.5 Å². The Hall–Kier alpha value is -7.96. The molecule has 0 fully saturated rings. The number of hydrogen-bond donors (Lipinski definition) is 4. The number of unbranched alkanes of at least 4 members (excludes halogenated alkanes) is 5. The molecule has 0 aliphatic heterocycles. The zero-order valence-electron chi connectivity index (χ0n) is 37.1. The normalized spacial score (nSPS) is 11.2. The molecule has 0 spiro atoms. The van der Waals surface area contributed by atoms with Crippen molar-refractivity contribution in [1.82, 2.24) is 0 Å². The quantitative estimate of drug-likeness (QED) is 0.0608. The first-order chi connectivity index (χ1) is 32.7. The molecule has 10 rings (SSSR count). The molecule has 0 atom stereocenters. The number of benzene rings is 10. The van der Waals surface area contributed by atoms with E-state index < -0.39 is 0 Å². The summed E-state index contributed by atoms with van der Waals surface area (Å²) in [4.78, 5) is 0. The molecular weight excluding hydrogens is 809 g/mol. The van der Waals surface area contributed by atoms with Crippen LogP contribution in [0.2, 0.25) is 0 Å². The molecule has 10 aromatic carbocycles. The van der Waals surface area contributed by atoms with E-state index in [9.17, 15) is 0 Å². The molecule has 4 N–H and O–H groups in total. The summed E-state index contributed by atoms with van der Waals surface area (Å²) in [6.45, 7) is 1.31. The molecule has 6 heteroatoms. The van der Waals surface area contributed by atoms with Gasteiger partial charge in [-0.05, 0) is 95.1 Å². The summed E-state index contributed by atoms with van der Waals surface area (Å²) in [5.41, 5.74) is 8.10. The Kier molecular flexibility index (Phi) is 12.9. The second-order valence-electron chi connectivity index (χ2n) is 16.8. The van der Waals surface area contributed by atoms with Gasteiger partial charge >= 0.3 is 0 Å². The van der Waals surface area contributed by atoms with Crippen LogP contribution in [0.25, 0.3) is 43.1 Å². The zero-order valence-corrected chi connectivity index (χ0v) is 37.1. The Labute approximate surface area is 387 Å². The molecule has 66 heavy (non-hydrogen) atoms. The summed E-state index contributed by atoms with van der Waals surface area (Å²) in [5.74, 6) is 1.69. The van der Waals surface area contributed by atoms with Gasteiger partial charge in [-0.25, -0.2) is 0 Å². The largest absolute Gasteiger partial charge is 0.491 e. The van der Waals surface area contributed by atoms with E-state index in [1.165, 1.54) is 43.1 Å². The van der Waals surface area contributed by atoms with Crippen molar-refractivity contribution in [1.29, 1.82) is 0 Å². The minimum absolute atomic E-state index is 0.654. The fraction of sp³-hybridized carbons (Fsp3) is 0.133. The summed E-state index contributed by atoms with van der Waals surface area (Å²) in [6.07, 6.45) is 6.50. The number of fused-ring (bicyclic) bond motifs is 4. The van der Waals surface area contributed by atoms with Crippen LogP contribution in [0.15, 0.2) is 206 Å². The van der Waals surface area contributed by atoms with Crippen molar-refractivity contribution in [3.05, 3.63) is 206 Å². The maximum atomic E-state index is 6.51. The second kappa shape index (κ2) is 20.3. The molecule has 0 saturated carbocycles. The van der Waals surface area contributed by atoms with E-state index in [1.807, 2.05) is 0 Å². The molecule has 0 aliphatic rings. The van der Waals surface area contributed by atoms with Gasteiger partial charge in [-0.3, -0.25) is 0 Å². The van der Waals surface area contributed by atoms with Crippen LogP contribution in [-0.4, -0.2) is 13.2 Å². The Morgan fingerprint density at radius 3 is 0.924 bits per heavy atom. The topological polar surface area (TPSA) is 66.6 Å². The van der Waals surface area contributed by atoms with Crippen LogP contribution in [0.1, 0.15) is 38.5 Å². The summed E-state index contributed by atoms with van der Waals surface area (Å²) >= 11 is 0. The molecule has 0 saturated heterocycles. The van der Waals surface area contributed by atoms with Crippen molar-refractivity contribution >= 4 is 88.6 Å². The van der Waals surface area contributed by atoms with E-state index in [-0.39, 0.29) is 0 Å². The van der Waals surface area contributed by atoms with Gasteiger partial charge in [-0.15, -0.1) is 0 Å². The van der Waals surface area contributed by atoms with Crippen LogP contribution in [0, 0.1) is 0 Å². The molecule has 10 aromatic rings. The monoisotopic (exact) mass is 862 g/mol. The predicted molar refractivity (Wildman–Crippen MR) is 280 cm³/mol. The van der Waals surface area contributed by atoms with Gasteiger partial charge in [-0.2, -0.15) is 0 Å². The number of anilines is 8. The molecule has 0 unspecified atom stereocenters. The minimum atomic E-state index is 0.654. The molecule has 0 heterocycles. The minimum Gasteiger partial charge on any atom is -0.491 e. The molecule has 0 radical (unpaired) electrons. The third-order valence-electron chi connectivity index (χ3n) is 12.3. The lowest BCUT2D eigenvalue weighted by Gasteiger charge is -2.18. The fourth-order valence-corrected chi connectivity index (χ4v) is 8.88. The van der Waals surface area contributed by atoms with Gasteiger partial charge in [0.25, 0.3) is 0 Å². The summed E-state index contributed by atoms with van der Waals surface area (Å²) in [6, 6.07) is 72.1. The van der Waals surface area contributed by atoms with Gasteiger partial charge in [0.1, 0.15) is 11.5 Å². The average molecular weight is 863 g/mol. The molecular formula is C60H54N4O2. The van der Waals surface area contributed by atoms with Gasteiger partial charge in [0.05, 0.1) is 24.6 Å². The van der Waals surface area contributed by atoms with E-state index in [1.54, 1.807) is 0 Å². The first-order valence-electron chi connectivity index (χ1n) is 23.2. The van der Waals surface area contributed by atoms with Crippen LogP contribution in [0.3, 0.4) is 0 Å². The Morgan fingerprint density at radius 1 is 0.258 bits per heavy atom. The first-order valence-corrected chi connectivity index (χ1v) is 23.2. The van der Waals surface area contributed by atoms with Crippen molar-refractivity contribution in [3.8, 4) is 11.5 Å². The van der Waals surface area contributed by atoms with Gasteiger partial charge < -0.3 is 30.7 Å². The molecule has 0 amide bonds. The highest BCUT2D eigenvalue weighted by atomic mass is 16.5. The molecule has 326 valence electrons. The van der Waals surface area contributed by atoms with E-state index in [2.05, 4.69) is 228 Å². The van der Waals surface area contributed by atoms with Gasteiger partial charge in [0.2, 0.25) is 0 Å².